The molecule has 3 atom stereocenters. The monoisotopic (exact) mass is 510 g/mol. The maximum absolute atomic E-state index is 13.5. The molecule has 1 aliphatic rings. The van der Waals surface area contributed by atoms with Gasteiger partial charge in [-0.25, -0.2) is 9.97 Å². The molecular formula is C27H32ClN4O2P. The van der Waals surface area contributed by atoms with E-state index in [1.54, 1.807) is 6.07 Å². The number of halogens is 1. The van der Waals surface area contributed by atoms with Crippen LogP contribution in [0, 0.1) is 5.92 Å². The molecule has 0 saturated carbocycles. The molecular weight excluding hydrogens is 479 g/mol. The first kappa shape index (κ1) is 25.5. The molecule has 3 aromatic rings. The smallest absolute Gasteiger partial charge is 0.167 e. The number of aromatic nitrogens is 3. The van der Waals surface area contributed by atoms with Crippen molar-refractivity contribution in [2.75, 3.05) is 5.32 Å². The number of anilines is 2. The largest absolute Gasteiger partial charge is 0.357 e. The first-order chi connectivity index (χ1) is 16.7. The second-order valence-corrected chi connectivity index (χ2v) is 10.4. The minimum absolute atomic E-state index is 0.0225. The van der Waals surface area contributed by atoms with Crippen molar-refractivity contribution in [1.82, 2.24) is 15.0 Å². The van der Waals surface area contributed by atoms with E-state index in [1.807, 2.05) is 13.1 Å². The van der Waals surface area contributed by atoms with Crippen LogP contribution in [0.15, 0.2) is 18.5 Å². The van der Waals surface area contributed by atoms with Crippen molar-refractivity contribution < 1.29 is 9.59 Å². The van der Waals surface area contributed by atoms with Gasteiger partial charge in [0.15, 0.2) is 11.6 Å². The fraction of sp³-hybridized carbons (Fsp3) is 0.407. The summed E-state index contributed by atoms with van der Waals surface area (Å²) in [5, 5.41) is 4.46. The highest BCUT2D eigenvalue weighted by Crippen LogP contribution is 2.40. The number of rotatable bonds is 8. The number of aromatic amines is 1. The second-order valence-electron chi connectivity index (χ2n) is 9.40. The number of Topliss-reactive ketones (excluding diaryl/α,β-unsaturated/α-hetero) is 2. The van der Waals surface area contributed by atoms with Gasteiger partial charge in [-0.2, -0.15) is 0 Å². The molecule has 0 saturated heterocycles. The van der Waals surface area contributed by atoms with Gasteiger partial charge in [-0.05, 0) is 55.7 Å². The van der Waals surface area contributed by atoms with Gasteiger partial charge in [0, 0.05) is 40.4 Å². The van der Waals surface area contributed by atoms with Gasteiger partial charge in [-0.3, -0.25) is 9.59 Å². The third kappa shape index (κ3) is 4.66. The van der Waals surface area contributed by atoms with Crippen LogP contribution >= 0.6 is 20.8 Å². The van der Waals surface area contributed by atoms with E-state index in [9.17, 15) is 9.59 Å². The number of pyridine rings is 2. The molecule has 8 heteroatoms. The Kier molecular flexibility index (Phi) is 7.44. The second kappa shape index (κ2) is 10.2. The van der Waals surface area contributed by atoms with Crippen LogP contribution in [-0.2, 0) is 12.8 Å². The quantitative estimate of drug-likeness (QED) is 0.207. The van der Waals surface area contributed by atoms with Crippen molar-refractivity contribution >= 4 is 49.2 Å². The van der Waals surface area contributed by atoms with Crippen molar-refractivity contribution in [2.45, 2.75) is 66.2 Å². The molecule has 0 fully saturated rings. The average molecular weight is 511 g/mol. The van der Waals surface area contributed by atoms with E-state index >= 15 is 0 Å². The Labute approximate surface area is 213 Å². The van der Waals surface area contributed by atoms with Crippen molar-refractivity contribution in [3.63, 3.8) is 0 Å². The van der Waals surface area contributed by atoms with Gasteiger partial charge in [0.25, 0.3) is 0 Å². The number of ketones is 2. The Bertz CT molecular complexity index is 1320. The standard InChI is InChI=1S/C27H32ClN4O2P/c1-6-13(3)23-22(25(34)14(4)7-2)17-9-8-16-11-30-27(26(35)21(16)24(17)32-23)31-19-10-20(28)29-12-18(19)15(5)33/h10-14,32H,6-9,35H2,1-5H3,(H,29,30,31). The van der Waals surface area contributed by atoms with Crippen molar-refractivity contribution in [3.05, 3.63) is 51.6 Å². The van der Waals surface area contributed by atoms with E-state index in [4.69, 9.17) is 11.6 Å². The lowest BCUT2D eigenvalue weighted by molar-refractivity contribution is 0.0924. The van der Waals surface area contributed by atoms with Gasteiger partial charge in [-0.1, -0.05) is 39.3 Å². The summed E-state index contributed by atoms with van der Waals surface area (Å²) in [5.74, 6) is 0.944. The first-order valence-corrected chi connectivity index (χ1v) is 13.1. The van der Waals surface area contributed by atoms with E-state index in [2.05, 4.69) is 50.3 Å². The molecule has 0 amide bonds. The zero-order chi connectivity index (χ0) is 25.4. The molecule has 0 radical (unpaired) electrons. The number of carbonyl (C=O) groups is 2. The Morgan fingerprint density at radius 2 is 1.91 bits per heavy atom. The van der Waals surface area contributed by atoms with Crippen LogP contribution in [0.4, 0.5) is 11.5 Å². The molecule has 0 aromatic carbocycles. The number of hydrogen-bond donors (Lipinski definition) is 2. The predicted molar refractivity (Wildman–Crippen MR) is 146 cm³/mol. The molecule has 0 aliphatic heterocycles. The first-order valence-electron chi connectivity index (χ1n) is 12.2. The lowest BCUT2D eigenvalue weighted by Crippen LogP contribution is -2.18. The number of hydrogen-bond acceptors (Lipinski definition) is 5. The minimum atomic E-state index is -0.113. The Morgan fingerprint density at radius 1 is 1.17 bits per heavy atom. The SMILES string of the molecule is CCC(C)C(=O)c1c(C(C)CC)[nH]c2c1CCc1cnc(Nc3cc(Cl)ncc3C(C)=O)c(P)c1-2. The van der Waals surface area contributed by atoms with Gasteiger partial charge in [-0.15, -0.1) is 9.24 Å². The third-order valence-electron chi connectivity index (χ3n) is 7.14. The molecule has 3 heterocycles. The van der Waals surface area contributed by atoms with Crippen LogP contribution in [0.25, 0.3) is 11.3 Å². The summed E-state index contributed by atoms with van der Waals surface area (Å²) in [7, 11) is 2.81. The van der Waals surface area contributed by atoms with Gasteiger partial charge >= 0.3 is 0 Å². The highest BCUT2D eigenvalue weighted by Gasteiger charge is 2.32. The summed E-state index contributed by atoms with van der Waals surface area (Å²) in [5.41, 5.74) is 7.20. The summed E-state index contributed by atoms with van der Waals surface area (Å²) in [6.45, 7) is 9.89. The van der Waals surface area contributed by atoms with Gasteiger partial charge in [0.2, 0.25) is 0 Å². The molecule has 1 aliphatic carbocycles. The number of nitrogens with one attached hydrogen (secondary N) is 2. The van der Waals surface area contributed by atoms with E-state index in [1.165, 1.54) is 13.1 Å². The number of H-pyrrole nitrogens is 1. The van der Waals surface area contributed by atoms with Gasteiger partial charge in [0.05, 0.1) is 16.9 Å². The molecule has 4 rings (SSSR count). The summed E-state index contributed by atoms with van der Waals surface area (Å²) in [6, 6.07) is 1.63. The average Bonchev–Trinajstić information content (AvgIpc) is 3.23. The molecule has 0 bridgehead atoms. The zero-order valence-corrected chi connectivity index (χ0v) is 22.8. The topological polar surface area (TPSA) is 87.7 Å². The highest BCUT2D eigenvalue weighted by molar-refractivity contribution is 7.28. The lowest BCUT2D eigenvalue weighted by atomic mass is 9.84. The van der Waals surface area contributed by atoms with Crippen LogP contribution in [0.5, 0.6) is 0 Å². The number of aryl methyl sites for hydroxylation is 1. The lowest BCUT2D eigenvalue weighted by Gasteiger charge is -2.22. The van der Waals surface area contributed by atoms with Crippen LogP contribution < -0.4 is 10.6 Å². The van der Waals surface area contributed by atoms with Crippen LogP contribution in [0.3, 0.4) is 0 Å². The highest BCUT2D eigenvalue weighted by atomic mass is 35.5. The third-order valence-corrected chi connectivity index (χ3v) is 7.91. The van der Waals surface area contributed by atoms with E-state index in [0.717, 1.165) is 64.6 Å². The zero-order valence-electron chi connectivity index (χ0n) is 20.9. The summed E-state index contributed by atoms with van der Waals surface area (Å²) >= 11 is 6.12. The fourth-order valence-electron chi connectivity index (χ4n) is 4.66. The number of fused-ring (bicyclic) bond motifs is 3. The normalized spacial score (nSPS) is 14.1. The fourth-order valence-corrected chi connectivity index (χ4v) is 5.30. The molecule has 3 aromatic heterocycles. The maximum Gasteiger partial charge on any atom is 0.167 e. The summed E-state index contributed by atoms with van der Waals surface area (Å²) in [6.07, 6.45) is 6.73. The van der Waals surface area contributed by atoms with E-state index < -0.39 is 0 Å². The van der Waals surface area contributed by atoms with E-state index in [-0.39, 0.29) is 23.4 Å². The Morgan fingerprint density at radius 3 is 2.57 bits per heavy atom. The molecule has 184 valence electrons. The summed E-state index contributed by atoms with van der Waals surface area (Å²) < 4.78 is 0. The van der Waals surface area contributed by atoms with Crippen LogP contribution in [-0.4, -0.2) is 26.5 Å². The van der Waals surface area contributed by atoms with Gasteiger partial charge < -0.3 is 10.3 Å². The van der Waals surface area contributed by atoms with Crippen LogP contribution in [0.1, 0.15) is 90.9 Å². The molecule has 3 unspecified atom stereocenters. The number of nitrogens with zero attached hydrogens (tertiary/aromatic N) is 2. The van der Waals surface area contributed by atoms with Crippen molar-refractivity contribution in [2.24, 2.45) is 5.92 Å². The Balaban J connectivity index is 1.87. The molecule has 0 spiro atoms. The molecule has 2 N–H and O–H groups in total. The maximum atomic E-state index is 13.5. The van der Waals surface area contributed by atoms with Crippen LogP contribution in [0.2, 0.25) is 5.15 Å². The molecule has 35 heavy (non-hydrogen) atoms. The van der Waals surface area contributed by atoms with Crippen molar-refractivity contribution in [3.8, 4) is 11.3 Å². The van der Waals surface area contributed by atoms with Gasteiger partial charge in [0.1, 0.15) is 11.0 Å². The number of carbonyl (C=O) groups excluding carboxylic acids is 2. The minimum Gasteiger partial charge on any atom is -0.357 e. The van der Waals surface area contributed by atoms with E-state index in [0.29, 0.717) is 22.2 Å². The van der Waals surface area contributed by atoms with Crippen molar-refractivity contribution in [1.29, 1.82) is 0 Å². The predicted octanol–water partition coefficient (Wildman–Crippen LogP) is 6.41. The Hall–Kier alpha value is -2.56. The summed E-state index contributed by atoms with van der Waals surface area (Å²) in [4.78, 5) is 38.0. The molecule has 6 nitrogen and oxygen atoms in total.